The van der Waals surface area contributed by atoms with Crippen molar-refractivity contribution >= 4 is 0 Å². The molecule has 0 aromatic heterocycles. The number of hydrogen-bond acceptors (Lipinski definition) is 3. The van der Waals surface area contributed by atoms with Crippen LogP contribution in [0.4, 0.5) is 0 Å². The second-order valence-electron chi connectivity index (χ2n) is 7.31. The normalized spacial score (nSPS) is 10.8. The van der Waals surface area contributed by atoms with Crippen molar-refractivity contribution in [1.82, 2.24) is 0 Å². The molecule has 0 atom stereocenters. The van der Waals surface area contributed by atoms with Crippen LogP contribution in [0, 0.1) is 41.5 Å². The zero-order valence-electron chi connectivity index (χ0n) is 17.5. The average molecular weight is 376 g/mol. The maximum atomic E-state index is 6.26. The van der Waals surface area contributed by atoms with Gasteiger partial charge < -0.3 is 14.2 Å². The summed E-state index contributed by atoms with van der Waals surface area (Å²) < 4.78 is 18.8. The zero-order valence-corrected chi connectivity index (χ0v) is 17.5. The molecule has 0 saturated heterocycles. The largest absolute Gasteiger partial charge is 0.422 e. The molecule has 3 rings (SSSR count). The van der Waals surface area contributed by atoms with Gasteiger partial charge in [0.15, 0.2) is 0 Å². The molecule has 0 fully saturated rings. The topological polar surface area (TPSA) is 27.7 Å². The van der Waals surface area contributed by atoms with E-state index < -0.39 is 6.48 Å². The fraction of sp³-hybridized carbons (Fsp3) is 0.280. The minimum atomic E-state index is -0.903. The number of hydrogen-bond donors (Lipinski definition) is 0. The van der Waals surface area contributed by atoms with E-state index in [0.717, 1.165) is 50.6 Å². The van der Waals surface area contributed by atoms with Crippen LogP contribution in [0.25, 0.3) is 0 Å². The van der Waals surface area contributed by atoms with Gasteiger partial charge in [0.25, 0.3) is 0 Å². The van der Waals surface area contributed by atoms with E-state index in [1.165, 1.54) is 0 Å². The molecule has 146 valence electrons. The van der Waals surface area contributed by atoms with Crippen LogP contribution in [0.1, 0.15) is 33.4 Å². The Morgan fingerprint density at radius 2 is 0.643 bits per heavy atom. The molecule has 0 heterocycles. The summed E-state index contributed by atoms with van der Waals surface area (Å²) in [5.41, 5.74) is 6.25. The van der Waals surface area contributed by atoms with Crippen molar-refractivity contribution in [2.75, 3.05) is 0 Å². The predicted octanol–water partition coefficient (Wildman–Crippen LogP) is 6.36. The highest BCUT2D eigenvalue weighted by atomic mass is 16.8. The van der Waals surface area contributed by atoms with E-state index in [4.69, 9.17) is 14.2 Å². The predicted molar refractivity (Wildman–Crippen MR) is 113 cm³/mol. The van der Waals surface area contributed by atoms with Crippen LogP contribution >= 0.6 is 0 Å². The lowest BCUT2D eigenvalue weighted by Gasteiger charge is -2.25. The minimum Gasteiger partial charge on any atom is -0.422 e. The van der Waals surface area contributed by atoms with Crippen molar-refractivity contribution in [3.8, 4) is 17.2 Å². The summed E-state index contributed by atoms with van der Waals surface area (Å²) in [6.45, 7) is 11.2. The summed E-state index contributed by atoms with van der Waals surface area (Å²) >= 11 is 0. The number of benzene rings is 3. The van der Waals surface area contributed by atoms with Gasteiger partial charge in [-0.2, -0.15) is 0 Å². The van der Waals surface area contributed by atoms with Crippen molar-refractivity contribution in [1.29, 1.82) is 0 Å². The Bertz CT molecular complexity index is 788. The van der Waals surface area contributed by atoms with Crippen molar-refractivity contribution in [3.63, 3.8) is 0 Å². The number of ether oxygens (including phenoxy) is 3. The highest BCUT2D eigenvalue weighted by Crippen LogP contribution is 2.30. The molecule has 3 aromatic rings. The molecular weight excluding hydrogens is 348 g/mol. The molecule has 0 aliphatic heterocycles. The Morgan fingerprint density at radius 3 is 0.857 bits per heavy atom. The monoisotopic (exact) mass is 376 g/mol. The molecule has 3 heteroatoms. The molecular formula is C25H28O3. The maximum Gasteiger partial charge on any atom is 0.406 e. The molecule has 28 heavy (non-hydrogen) atoms. The molecule has 0 spiro atoms. The fourth-order valence-electron chi connectivity index (χ4n) is 3.32. The summed E-state index contributed by atoms with van der Waals surface area (Å²) in [6.07, 6.45) is 0. The molecule has 3 nitrogen and oxygen atoms in total. The van der Waals surface area contributed by atoms with Crippen molar-refractivity contribution in [2.45, 2.75) is 48.0 Å². The number of para-hydroxylation sites is 3. The van der Waals surface area contributed by atoms with Crippen LogP contribution < -0.4 is 14.2 Å². The Balaban J connectivity index is 1.98. The van der Waals surface area contributed by atoms with E-state index >= 15 is 0 Å². The van der Waals surface area contributed by atoms with E-state index in [-0.39, 0.29) is 0 Å². The third-order valence-electron chi connectivity index (χ3n) is 4.87. The lowest BCUT2D eigenvalue weighted by molar-refractivity contribution is -0.142. The van der Waals surface area contributed by atoms with Gasteiger partial charge in [0.2, 0.25) is 0 Å². The van der Waals surface area contributed by atoms with E-state index in [2.05, 4.69) is 0 Å². The Labute approximate surface area is 167 Å². The van der Waals surface area contributed by atoms with Gasteiger partial charge in [0.05, 0.1) is 0 Å². The highest BCUT2D eigenvalue weighted by molar-refractivity contribution is 5.43. The number of aryl methyl sites for hydroxylation is 6. The van der Waals surface area contributed by atoms with Gasteiger partial charge in [-0.3, -0.25) is 0 Å². The van der Waals surface area contributed by atoms with Gasteiger partial charge in [-0.25, -0.2) is 0 Å². The van der Waals surface area contributed by atoms with Crippen LogP contribution in [-0.2, 0) is 0 Å². The van der Waals surface area contributed by atoms with E-state index in [1.807, 2.05) is 96.1 Å². The molecule has 0 unspecified atom stereocenters. The van der Waals surface area contributed by atoms with Gasteiger partial charge in [-0.05, 0) is 74.9 Å². The van der Waals surface area contributed by atoms with E-state index in [0.29, 0.717) is 0 Å². The first-order valence-electron chi connectivity index (χ1n) is 9.55. The Morgan fingerprint density at radius 1 is 0.429 bits per heavy atom. The molecule has 0 amide bonds. The SMILES string of the molecule is Cc1cccc(C)c1OC(Oc1c(C)cccc1C)Oc1c(C)cccc1C. The Kier molecular flexibility index (Phi) is 5.93. The summed E-state index contributed by atoms with van der Waals surface area (Å²) in [6, 6.07) is 18.2. The smallest absolute Gasteiger partial charge is 0.406 e. The maximum absolute atomic E-state index is 6.26. The molecule has 3 aromatic carbocycles. The Hall–Kier alpha value is -2.94. The standard InChI is InChI=1S/C25H28O3/c1-16-10-7-11-17(2)22(16)26-25(27-23-18(3)12-8-13-19(23)4)28-24-20(5)14-9-15-21(24)6/h7-15,25H,1-6H3. The second kappa shape index (κ2) is 8.39. The van der Waals surface area contributed by atoms with Gasteiger partial charge in [-0.15, -0.1) is 0 Å². The lowest BCUT2D eigenvalue weighted by atomic mass is 10.1. The number of rotatable bonds is 6. The third kappa shape index (κ3) is 4.30. The first kappa shape index (κ1) is 19.8. The lowest BCUT2D eigenvalue weighted by Crippen LogP contribution is -2.32. The van der Waals surface area contributed by atoms with Crippen LogP contribution in [-0.4, -0.2) is 6.48 Å². The van der Waals surface area contributed by atoms with Gasteiger partial charge in [0.1, 0.15) is 17.2 Å². The summed E-state index contributed by atoms with van der Waals surface area (Å²) in [5, 5.41) is 0. The van der Waals surface area contributed by atoms with Crippen LogP contribution in [0.15, 0.2) is 54.6 Å². The first-order valence-corrected chi connectivity index (χ1v) is 9.55. The van der Waals surface area contributed by atoms with E-state index in [1.54, 1.807) is 0 Å². The average Bonchev–Trinajstić information content (AvgIpc) is 2.64. The molecule has 0 radical (unpaired) electrons. The van der Waals surface area contributed by atoms with Gasteiger partial charge in [-0.1, -0.05) is 54.6 Å². The fourth-order valence-corrected chi connectivity index (χ4v) is 3.32. The summed E-state index contributed by atoms with van der Waals surface area (Å²) in [7, 11) is 0. The molecule has 0 saturated carbocycles. The van der Waals surface area contributed by atoms with Crippen LogP contribution in [0.2, 0.25) is 0 Å². The molecule has 0 aliphatic carbocycles. The van der Waals surface area contributed by atoms with Crippen molar-refractivity contribution < 1.29 is 14.2 Å². The second-order valence-corrected chi connectivity index (χ2v) is 7.31. The summed E-state index contributed by atoms with van der Waals surface area (Å²) in [5.74, 6) is 2.35. The van der Waals surface area contributed by atoms with Gasteiger partial charge >= 0.3 is 6.48 Å². The quantitative estimate of drug-likeness (QED) is 0.469. The van der Waals surface area contributed by atoms with Gasteiger partial charge in [0, 0.05) is 0 Å². The van der Waals surface area contributed by atoms with E-state index in [9.17, 15) is 0 Å². The summed E-state index contributed by atoms with van der Waals surface area (Å²) in [4.78, 5) is 0. The first-order chi connectivity index (χ1) is 13.4. The van der Waals surface area contributed by atoms with Crippen LogP contribution in [0.5, 0.6) is 17.2 Å². The highest BCUT2D eigenvalue weighted by Gasteiger charge is 2.21. The molecule has 0 N–H and O–H groups in total. The zero-order chi connectivity index (χ0) is 20.3. The van der Waals surface area contributed by atoms with Crippen molar-refractivity contribution in [2.24, 2.45) is 0 Å². The minimum absolute atomic E-state index is 0.782. The third-order valence-corrected chi connectivity index (χ3v) is 4.87. The van der Waals surface area contributed by atoms with Crippen LogP contribution in [0.3, 0.4) is 0 Å². The molecule has 0 bridgehead atoms. The van der Waals surface area contributed by atoms with Crippen molar-refractivity contribution in [3.05, 3.63) is 88.0 Å². The molecule has 0 aliphatic rings.